The number of amides is 3. The van der Waals surface area contributed by atoms with Gasteiger partial charge in [-0.2, -0.15) is 0 Å². The Morgan fingerprint density at radius 1 is 1.17 bits per heavy atom. The summed E-state index contributed by atoms with van der Waals surface area (Å²) in [5.41, 5.74) is 4.25. The first-order chi connectivity index (χ1) is 19.5. The molecule has 10 nitrogen and oxygen atoms in total. The third kappa shape index (κ3) is 8.34. The highest BCUT2D eigenvalue weighted by Crippen LogP contribution is 2.28. The molecule has 4 rings (SSSR count). The van der Waals surface area contributed by atoms with Crippen LogP contribution in [-0.2, 0) is 20.9 Å². The van der Waals surface area contributed by atoms with Crippen molar-refractivity contribution in [2.24, 2.45) is 5.41 Å². The Bertz CT molecular complexity index is 1190. The predicted molar refractivity (Wildman–Crippen MR) is 160 cm³/mol. The van der Waals surface area contributed by atoms with E-state index in [1.54, 1.807) is 11.3 Å². The molecule has 0 saturated carbocycles. The lowest BCUT2D eigenvalue weighted by Gasteiger charge is -2.35. The van der Waals surface area contributed by atoms with Gasteiger partial charge in [-0.05, 0) is 36.4 Å². The minimum absolute atomic E-state index is 0.0608. The average Bonchev–Trinajstić information content (AvgIpc) is 3.55. The number of nitrogens with zero attached hydrogens (tertiary/aromatic N) is 3. The zero-order valence-corrected chi connectivity index (χ0v) is 25.4. The van der Waals surface area contributed by atoms with E-state index in [0.29, 0.717) is 13.0 Å². The second-order valence-corrected chi connectivity index (χ2v) is 13.0. The Morgan fingerprint density at radius 2 is 1.88 bits per heavy atom. The number of thiazole rings is 1. The number of piperazine rings is 1. The largest absolute Gasteiger partial charge is 0.391 e. The normalized spacial score (nSPS) is 20.6. The van der Waals surface area contributed by atoms with Crippen LogP contribution in [0.15, 0.2) is 29.8 Å². The first-order valence-electron chi connectivity index (χ1n) is 14.5. The van der Waals surface area contributed by atoms with Gasteiger partial charge in [0, 0.05) is 52.1 Å². The number of likely N-dealkylation sites (tertiary alicyclic amines) is 1. The van der Waals surface area contributed by atoms with Crippen molar-refractivity contribution in [2.75, 3.05) is 39.3 Å². The average molecular weight is 585 g/mol. The van der Waals surface area contributed by atoms with E-state index >= 15 is 0 Å². The van der Waals surface area contributed by atoms with Gasteiger partial charge in [0.05, 0.1) is 22.2 Å². The van der Waals surface area contributed by atoms with Gasteiger partial charge in [-0.15, -0.1) is 11.3 Å². The first-order valence-corrected chi connectivity index (χ1v) is 15.4. The summed E-state index contributed by atoms with van der Waals surface area (Å²) >= 11 is 1.59. The number of aliphatic hydroxyl groups excluding tert-OH is 1. The van der Waals surface area contributed by atoms with Crippen molar-refractivity contribution in [3.05, 3.63) is 41.0 Å². The minimum Gasteiger partial charge on any atom is -0.391 e. The highest BCUT2D eigenvalue weighted by molar-refractivity contribution is 7.13. The molecule has 3 unspecified atom stereocenters. The lowest BCUT2D eigenvalue weighted by Crippen LogP contribution is -2.57. The Morgan fingerprint density at radius 3 is 2.51 bits per heavy atom. The van der Waals surface area contributed by atoms with Gasteiger partial charge in [0.25, 0.3) is 0 Å². The van der Waals surface area contributed by atoms with Crippen LogP contribution in [0.3, 0.4) is 0 Å². The molecule has 3 atom stereocenters. The number of carbonyl (C=O) groups excluding carboxylic acids is 3. The van der Waals surface area contributed by atoms with Crippen molar-refractivity contribution in [3.63, 3.8) is 0 Å². The topological polar surface area (TPSA) is 127 Å². The highest BCUT2D eigenvalue weighted by Gasteiger charge is 2.44. The van der Waals surface area contributed by atoms with Gasteiger partial charge in [0.2, 0.25) is 17.7 Å². The van der Waals surface area contributed by atoms with Crippen LogP contribution in [0.25, 0.3) is 10.4 Å². The van der Waals surface area contributed by atoms with Crippen LogP contribution >= 0.6 is 11.3 Å². The van der Waals surface area contributed by atoms with Crippen LogP contribution in [-0.4, -0.2) is 95.1 Å². The molecule has 0 aliphatic carbocycles. The Hall–Kier alpha value is -2.86. The summed E-state index contributed by atoms with van der Waals surface area (Å²) in [7, 11) is 0. The van der Waals surface area contributed by atoms with Crippen molar-refractivity contribution in [3.8, 4) is 10.4 Å². The molecule has 3 heterocycles. The number of hydrogen-bond acceptors (Lipinski definition) is 8. The number of aliphatic hydroxyl groups is 1. The fraction of sp³-hybridized carbons (Fsp3) is 0.600. The molecular weight excluding hydrogens is 540 g/mol. The van der Waals surface area contributed by atoms with Gasteiger partial charge in [0.1, 0.15) is 12.1 Å². The Labute approximate surface area is 246 Å². The summed E-state index contributed by atoms with van der Waals surface area (Å²) in [5.74, 6) is -0.827. The summed E-state index contributed by atoms with van der Waals surface area (Å²) in [6.45, 7) is 12.8. The second-order valence-electron chi connectivity index (χ2n) is 12.1. The van der Waals surface area contributed by atoms with Gasteiger partial charge < -0.3 is 30.9 Å². The molecular formula is C30H44N6O4S. The van der Waals surface area contributed by atoms with Gasteiger partial charge in [0.15, 0.2) is 0 Å². The second kappa shape index (κ2) is 13.9. The summed E-state index contributed by atoms with van der Waals surface area (Å²) in [6, 6.07) is 6.35. The van der Waals surface area contributed by atoms with Crippen LogP contribution < -0.4 is 16.0 Å². The summed E-state index contributed by atoms with van der Waals surface area (Å²) in [4.78, 5) is 49.1. The zero-order chi connectivity index (χ0) is 29.6. The molecule has 3 amide bonds. The molecule has 2 saturated heterocycles. The fourth-order valence-electron chi connectivity index (χ4n) is 5.41. The van der Waals surface area contributed by atoms with Crippen LogP contribution in [0.5, 0.6) is 0 Å². The molecule has 2 aliphatic rings. The molecule has 11 heteroatoms. The van der Waals surface area contributed by atoms with Gasteiger partial charge in [-0.1, -0.05) is 45.0 Å². The molecule has 4 N–H and O–H groups in total. The van der Waals surface area contributed by atoms with Crippen molar-refractivity contribution in [1.29, 1.82) is 0 Å². The molecule has 2 aliphatic heterocycles. The number of rotatable bonds is 10. The molecule has 1 aromatic heterocycles. The monoisotopic (exact) mass is 584 g/mol. The molecule has 41 heavy (non-hydrogen) atoms. The quantitative estimate of drug-likeness (QED) is 0.336. The van der Waals surface area contributed by atoms with Crippen LogP contribution in [0.1, 0.15) is 51.3 Å². The summed E-state index contributed by atoms with van der Waals surface area (Å²) in [6.07, 6.45) is 0.413. The first kappa shape index (κ1) is 31.1. The number of β-amino-alcohol motifs (C(OH)–C–C–N with tert-alkyl or cyclic N) is 1. The number of aromatic nitrogens is 1. The summed E-state index contributed by atoms with van der Waals surface area (Å²) < 4.78 is 0. The zero-order valence-electron chi connectivity index (χ0n) is 24.6. The number of aryl methyl sites for hydroxylation is 1. The molecule has 0 bridgehead atoms. The molecule has 1 aromatic carbocycles. The molecule has 2 fully saturated rings. The van der Waals surface area contributed by atoms with Crippen LogP contribution in [0, 0.1) is 12.3 Å². The Balaban J connectivity index is 1.34. The summed E-state index contributed by atoms with van der Waals surface area (Å²) in [5, 5.41) is 19.6. The fourth-order valence-corrected chi connectivity index (χ4v) is 6.22. The maximum atomic E-state index is 13.8. The highest BCUT2D eigenvalue weighted by atomic mass is 32.1. The lowest BCUT2D eigenvalue weighted by atomic mass is 9.85. The third-order valence-corrected chi connectivity index (χ3v) is 8.78. The van der Waals surface area contributed by atoms with Crippen molar-refractivity contribution >= 4 is 29.1 Å². The van der Waals surface area contributed by atoms with E-state index in [4.69, 9.17) is 0 Å². The van der Waals surface area contributed by atoms with Gasteiger partial charge in [-0.25, -0.2) is 4.98 Å². The van der Waals surface area contributed by atoms with E-state index in [1.807, 2.05) is 57.5 Å². The van der Waals surface area contributed by atoms with Crippen molar-refractivity contribution in [1.82, 2.24) is 30.7 Å². The number of benzene rings is 1. The SMILES string of the molecule is Cc1ncsc1-c1ccc(CNC(=O)C2CC(O)CN2C(=O)C(NC(=O)CCCN2CCNCC2)C(C)(C)C)cc1. The van der Waals surface area contributed by atoms with Crippen molar-refractivity contribution < 1.29 is 19.5 Å². The smallest absolute Gasteiger partial charge is 0.246 e. The standard InChI is InChI=1S/C30H44N6O4S/c1-20-26(41-19-33-20)22-9-7-21(8-10-22)17-32-28(39)24-16-23(37)18-36(24)29(40)27(30(2,3)4)34-25(38)6-5-13-35-14-11-31-12-15-35/h7-10,19,23-24,27,31,37H,5-6,11-18H2,1-4H3,(H,32,39)(H,34,38). The van der Waals surface area contributed by atoms with Crippen molar-refractivity contribution in [2.45, 2.75) is 71.7 Å². The molecule has 0 spiro atoms. The maximum absolute atomic E-state index is 13.8. The van der Waals surface area contributed by atoms with E-state index in [0.717, 1.165) is 60.8 Å². The van der Waals surface area contributed by atoms with E-state index in [9.17, 15) is 19.5 Å². The lowest BCUT2D eigenvalue weighted by molar-refractivity contribution is -0.144. The maximum Gasteiger partial charge on any atom is 0.246 e. The van der Waals surface area contributed by atoms with E-state index < -0.39 is 23.6 Å². The van der Waals surface area contributed by atoms with Crippen LogP contribution in [0.2, 0.25) is 0 Å². The third-order valence-electron chi connectivity index (χ3n) is 7.80. The molecule has 224 valence electrons. The molecule has 2 aromatic rings. The van der Waals surface area contributed by atoms with Gasteiger partial charge >= 0.3 is 0 Å². The van der Waals surface area contributed by atoms with E-state index in [-0.39, 0.29) is 30.7 Å². The number of hydrogen-bond donors (Lipinski definition) is 4. The predicted octanol–water partition coefficient (Wildman–Crippen LogP) is 1.91. The number of carbonyl (C=O) groups is 3. The van der Waals surface area contributed by atoms with E-state index in [1.165, 1.54) is 4.90 Å². The minimum atomic E-state index is -0.808. The molecule has 0 radical (unpaired) electrons. The Kier molecular flexibility index (Phi) is 10.5. The van der Waals surface area contributed by atoms with Crippen LogP contribution in [0.4, 0.5) is 0 Å². The number of nitrogens with one attached hydrogen (secondary N) is 3. The van der Waals surface area contributed by atoms with Gasteiger partial charge in [-0.3, -0.25) is 14.4 Å². The van der Waals surface area contributed by atoms with E-state index in [2.05, 4.69) is 25.8 Å².